The van der Waals surface area contributed by atoms with Crippen LogP contribution in [0.1, 0.15) is 51.9 Å². The van der Waals surface area contributed by atoms with Gasteiger partial charge in [-0.3, -0.25) is 9.59 Å². The summed E-state index contributed by atoms with van der Waals surface area (Å²) in [5.41, 5.74) is 0. The van der Waals surface area contributed by atoms with E-state index in [9.17, 15) is 60.7 Å². The molecule has 5 fully saturated rings. The zero-order valence-electron chi connectivity index (χ0n) is 26.0. The van der Waals surface area contributed by atoms with E-state index < -0.39 is 134 Å². The molecule has 2 saturated heterocycles. The van der Waals surface area contributed by atoms with Crippen molar-refractivity contribution in [3.05, 3.63) is 0 Å². The summed E-state index contributed by atoms with van der Waals surface area (Å²) >= 11 is 0. The Morgan fingerprint density at radius 1 is 0.723 bits per heavy atom. The van der Waals surface area contributed by atoms with Crippen LogP contribution in [0.15, 0.2) is 0 Å². The number of fused-ring (bicyclic) bond motifs is 1. The van der Waals surface area contributed by atoms with Gasteiger partial charge in [0, 0.05) is 25.7 Å². The zero-order valence-corrected chi connectivity index (χ0v) is 26.0. The minimum Gasteiger partial charge on any atom is -0.463 e. The molecular weight excluding hydrogens is 632 g/mol. The minimum absolute atomic E-state index is 0.0350. The fourth-order valence-electron chi connectivity index (χ4n) is 7.85. The van der Waals surface area contributed by atoms with E-state index in [0.29, 0.717) is 0 Å². The number of carbonyl (C=O) groups excluding carboxylic acids is 2. The van der Waals surface area contributed by atoms with E-state index in [1.807, 2.05) is 0 Å². The monoisotopic (exact) mass is 681 g/mol. The summed E-state index contributed by atoms with van der Waals surface area (Å²) in [4.78, 5) is 24.8. The maximum absolute atomic E-state index is 13.3. The number of esters is 2. The van der Waals surface area contributed by atoms with Gasteiger partial charge in [0.1, 0.15) is 43.2 Å². The number of hydrogen-bond acceptors (Lipinski definition) is 16. The van der Waals surface area contributed by atoms with Crippen LogP contribution in [0.5, 0.6) is 0 Å². The average Bonchev–Trinajstić information content (AvgIpc) is 3.00. The van der Waals surface area contributed by atoms with Crippen molar-refractivity contribution in [2.75, 3.05) is 6.61 Å². The van der Waals surface area contributed by atoms with Gasteiger partial charge in [0.15, 0.2) is 24.6 Å². The number of aliphatic hydroxyl groups excluding tert-OH is 10. The van der Waals surface area contributed by atoms with Crippen LogP contribution in [0, 0.1) is 17.8 Å². The first-order valence-corrected chi connectivity index (χ1v) is 16.3. The van der Waals surface area contributed by atoms with Crippen LogP contribution < -0.4 is 0 Å². The Bertz CT molecular complexity index is 1060. The molecule has 17 nitrogen and oxygen atoms in total. The lowest BCUT2D eigenvalue weighted by Gasteiger charge is -2.49. The Morgan fingerprint density at radius 2 is 1.32 bits per heavy atom. The number of rotatable bonds is 7. The largest absolute Gasteiger partial charge is 0.463 e. The summed E-state index contributed by atoms with van der Waals surface area (Å²) in [7, 11) is 0. The van der Waals surface area contributed by atoms with Gasteiger partial charge < -0.3 is 74.7 Å². The van der Waals surface area contributed by atoms with Gasteiger partial charge in [0.2, 0.25) is 0 Å². The summed E-state index contributed by atoms with van der Waals surface area (Å²) in [6, 6.07) is 0. The highest BCUT2D eigenvalue weighted by Crippen LogP contribution is 2.42. The van der Waals surface area contributed by atoms with Crippen LogP contribution in [-0.2, 0) is 28.5 Å². The predicted octanol–water partition coefficient (Wildman–Crippen LogP) is -4.92. The van der Waals surface area contributed by atoms with Crippen molar-refractivity contribution < 1.29 is 84.3 Å². The summed E-state index contributed by atoms with van der Waals surface area (Å²) < 4.78 is 27.8. The third-order valence-corrected chi connectivity index (χ3v) is 10.5. The van der Waals surface area contributed by atoms with E-state index in [1.54, 1.807) is 0 Å². The van der Waals surface area contributed by atoms with Crippen molar-refractivity contribution in [2.24, 2.45) is 17.8 Å². The van der Waals surface area contributed by atoms with Crippen molar-refractivity contribution in [1.82, 2.24) is 0 Å². The van der Waals surface area contributed by atoms with Crippen LogP contribution in [0.2, 0.25) is 0 Å². The average molecular weight is 682 g/mol. The van der Waals surface area contributed by atoms with Gasteiger partial charge in [-0.25, -0.2) is 0 Å². The molecule has 0 radical (unpaired) electrons. The van der Waals surface area contributed by atoms with Gasteiger partial charge in [-0.15, -0.1) is 0 Å². The van der Waals surface area contributed by atoms with Crippen LogP contribution in [-0.4, -0.2) is 172 Å². The second-order valence-corrected chi connectivity index (χ2v) is 13.9. The quantitative estimate of drug-likeness (QED) is 0.0890. The van der Waals surface area contributed by atoms with Crippen LogP contribution >= 0.6 is 0 Å². The molecular formula is C30H49O17+. The van der Waals surface area contributed by atoms with Crippen LogP contribution in [0.3, 0.4) is 0 Å². The van der Waals surface area contributed by atoms with Crippen molar-refractivity contribution in [3.8, 4) is 0 Å². The third-order valence-electron chi connectivity index (χ3n) is 10.5. The van der Waals surface area contributed by atoms with Crippen molar-refractivity contribution in [1.29, 1.82) is 0 Å². The second kappa shape index (κ2) is 15.1. The van der Waals surface area contributed by atoms with Gasteiger partial charge in [0.05, 0.1) is 48.5 Å². The Morgan fingerprint density at radius 3 is 1.91 bits per heavy atom. The third kappa shape index (κ3) is 8.09. The second-order valence-electron chi connectivity index (χ2n) is 13.9. The first-order valence-electron chi connectivity index (χ1n) is 16.3. The molecule has 15 atom stereocenters. The lowest BCUT2D eigenvalue weighted by Crippen LogP contribution is -2.64. The van der Waals surface area contributed by atoms with E-state index >= 15 is 0 Å². The molecule has 0 aromatic rings. The van der Waals surface area contributed by atoms with Crippen molar-refractivity contribution >= 4 is 11.9 Å². The van der Waals surface area contributed by atoms with Crippen LogP contribution in [0.25, 0.3) is 0 Å². The predicted molar refractivity (Wildman–Crippen MR) is 153 cm³/mol. The molecule has 5 rings (SSSR count). The fraction of sp³-hybridized carbons (Fsp3) is 0.933. The Kier molecular flexibility index (Phi) is 11.8. The summed E-state index contributed by atoms with van der Waals surface area (Å²) in [5, 5.41) is 105. The lowest BCUT2D eigenvalue weighted by molar-refractivity contribution is -0.358. The fourth-order valence-corrected chi connectivity index (χ4v) is 7.85. The van der Waals surface area contributed by atoms with E-state index in [4.69, 9.17) is 23.7 Å². The SMILES string of the molecule is CC(=O)OC[C@H]1O[C@@H](OC2CC3C(O)CC(O)CC3[OH+]C2C2CC(O)C(O)C(O)C2)[C@H](OC(=O)C2CC(O)C(O)C(O)C2)[C@@H](O)[C@H]1O. The molecule has 17 heteroatoms. The van der Waals surface area contributed by atoms with Crippen molar-refractivity contribution in [3.63, 3.8) is 0 Å². The van der Waals surface area contributed by atoms with Gasteiger partial charge in [-0.1, -0.05) is 0 Å². The summed E-state index contributed by atoms with van der Waals surface area (Å²) in [5.74, 6) is -3.78. The molecule has 0 aromatic heterocycles. The molecule has 5 aliphatic rings. The standard InChI is InChI=1S/C30H48O17/c1-10(31)43-9-22-25(40)26(41)28(47-29(42)12-4-18(36)24(39)19(37)5-12)30(46-22)45-21-8-14-15(33)6-13(32)7-20(14)44-27(21)11-2-16(34)23(38)17(35)3-11/h11-28,30,32-41H,2-9H2,1H3/p+1/t11?,12?,13?,14?,15?,16?,17?,18?,19?,20?,21?,22-,23?,24?,25+,26+,27?,28-,30-/m1/s1. The molecule has 3 aliphatic carbocycles. The number of carbonyl (C=O) groups is 2. The van der Waals surface area contributed by atoms with Gasteiger partial charge in [-0.2, -0.15) is 0 Å². The molecule has 0 aromatic carbocycles. The Balaban J connectivity index is 1.41. The van der Waals surface area contributed by atoms with Crippen LogP contribution in [0.4, 0.5) is 0 Å². The van der Waals surface area contributed by atoms with Gasteiger partial charge in [-0.05, 0) is 32.1 Å². The molecule has 2 heterocycles. The zero-order chi connectivity index (χ0) is 34.3. The maximum atomic E-state index is 13.3. The number of hydrogen-bond donors (Lipinski definition) is 10. The Labute approximate surface area is 270 Å². The highest BCUT2D eigenvalue weighted by molar-refractivity contribution is 5.73. The lowest BCUT2D eigenvalue weighted by atomic mass is 9.72. The topological polar surface area (TPSA) is 286 Å². The highest BCUT2D eigenvalue weighted by Gasteiger charge is 2.56. The molecule has 47 heavy (non-hydrogen) atoms. The minimum atomic E-state index is -1.84. The summed E-state index contributed by atoms with van der Waals surface area (Å²) in [6.45, 7) is 0.640. The molecule has 11 N–H and O–H groups in total. The maximum Gasteiger partial charge on any atom is 0.309 e. The van der Waals surface area contributed by atoms with E-state index in [0.717, 1.165) is 6.92 Å². The van der Waals surface area contributed by atoms with E-state index in [1.165, 1.54) is 0 Å². The molecule has 0 bridgehead atoms. The highest BCUT2D eigenvalue weighted by atomic mass is 16.7. The van der Waals surface area contributed by atoms with E-state index in [2.05, 4.69) is 0 Å². The molecule has 0 spiro atoms. The first-order chi connectivity index (χ1) is 22.1. The normalized spacial score (nSPS) is 50.7. The molecule has 270 valence electrons. The van der Waals surface area contributed by atoms with Crippen molar-refractivity contribution in [2.45, 2.75) is 150 Å². The Hall–Kier alpha value is -1.58. The molecule has 3 saturated carbocycles. The van der Waals surface area contributed by atoms with Gasteiger partial charge in [0.25, 0.3) is 0 Å². The smallest absolute Gasteiger partial charge is 0.309 e. The first kappa shape index (κ1) is 36.7. The number of ether oxygens (including phenoxy) is 5. The molecule has 10 unspecified atom stereocenters. The summed E-state index contributed by atoms with van der Waals surface area (Å²) in [6.07, 6.45) is -20.3. The number of aliphatic hydroxyl groups is 12. The molecule has 2 aliphatic heterocycles. The van der Waals surface area contributed by atoms with E-state index in [-0.39, 0.29) is 44.9 Å². The van der Waals surface area contributed by atoms with Gasteiger partial charge >= 0.3 is 11.9 Å². The molecule has 0 amide bonds.